The second kappa shape index (κ2) is 5.00. The van der Waals surface area contributed by atoms with Crippen molar-refractivity contribution < 1.29 is 22.8 Å². The summed E-state index contributed by atoms with van der Waals surface area (Å²) < 4.78 is 37.8. The first kappa shape index (κ1) is 13.9. The third-order valence-electron chi connectivity index (χ3n) is 2.16. The number of carbonyl (C=O) groups is 2. The summed E-state index contributed by atoms with van der Waals surface area (Å²) in [5.74, 6) is -0.557. The van der Waals surface area contributed by atoms with Crippen molar-refractivity contribution >= 4 is 28.0 Å². The Morgan fingerprint density at radius 3 is 2.41 bits per heavy atom. The van der Waals surface area contributed by atoms with E-state index in [1.54, 1.807) is 0 Å². The molecule has 17 heavy (non-hydrogen) atoms. The van der Waals surface area contributed by atoms with Gasteiger partial charge in [-0.2, -0.15) is 13.2 Å². The predicted octanol–water partition coefficient (Wildman–Crippen LogP) is 3.48. The number of ketones is 1. The zero-order chi connectivity index (χ0) is 13.2. The molecule has 1 atom stereocenters. The first-order chi connectivity index (χ1) is 7.79. The average Bonchev–Trinajstić information content (AvgIpc) is 2.25. The van der Waals surface area contributed by atoms with Gasteiger partial charge >= 0.3 is 6.18 Å². The zero-order valence-corrected chi connectivity index (χ0v) is 10.3. The molecule has 1 aromatic rings. The van der Waals surface area contributed by atoms with E-state index in [4.69, 9.17) is 0 Å². The predicted molar refractivity (Wildman–Crippen MR) is 59.6 cm³/mol. The highest BCUT2D eigenvalue weighted by molar-refractivity contribution is 9.10. The summed E-state index contributed by atoms with van der Waals surface area (Å²) in [4.78, 5) is 21.7. The lowest BCUT2D eigenvalue weighted by atomic mass is 9.97. The van der Waals surface area contributed by atoms with Gasteiger partial charge in [-0.1, -0.05) is 28.1 Å². The topological polar surface area (TPSA) is 34.1 Å². The van der Waals surface area contributed by atoms with Crippen LogP contribution in [-0.4, -0.2) is 16.9 Å². The van der Waals surface area contributed by atoms with E-state index in [0.717, 1.165) is 12.1 Å². The first-order valence-corrected chi connectivity index (χ1v) is 5.54. The van der Waals surface area contributed by atoms with Crippen molar-refractivity contribution in [3.63, 3.8) is 0 Å². The van der Waals surface area contributed by atoms with Crippen LogP contribution in [0.2, 0.25) is 0 Å². The van der Waals surface area contributed by atoms with Crippen molar-refractivity contribution in [2.75, 3.05) is 0 Å². The lowest BCUT2D eigenvalue weighted by molar-refractivity contribution is -0.137. The Labute approximate surface area is 104 Å². The standard InChI is InChI=1S/C11H8BrF3O2/c1-6(12)10(17)7-3-2-4-9(8(7)5-16)11(13,14)15/h2-6H,1H3. The average molecular weight is 309 g/mol. The van der Waals surface area contributed by atoms with Crippen LogP contribution in [0.4, 0.5) is 13.2 Å². The summed E-state index contributed by atoms with van der Waals surface area (Å²) in [5, 5.41) is 0. The van der Waals surface area contributed by atoms with Gasteiger partial charge in [0.05, 0.1) is 10.4 Å². The number of rotatable bonds is 3. The molecular formula is C11H8BrF3O2. The minimum atomic E-state index is -4.65. The lowest BCUT2D eigenvalue weighted by Gasteiger charge is -2.13. The van der Waals surface area contributed by atoms with Crippen LogP contribution >= 0.6 is 15.9 Å². The molecule has 0 saturated heterocycles. The number of halogens is 4. The fraction of sp³-hybridized carbons (Fsp3) is 0.273. The first-order valence-electron chi connectivity index (χ1n) is 4.62. The van der Waals surface area contributed by atoms with Crippen molar-refractivity contribution in [2.24, 2.45) is 0 Å². The summed E-state index contributed by atoms with van der Waals surface area (Å²) in [6.45, 7) is 1.48. The Bertz CT molecular complexity index is 453. The number of Topliss-reactive ketones (excluding diaryl/α,β-unsaturated/α-hetero) is 1. The molecule has 0 heterocycles. The highest BCUT2D eigenvalue weighted by atomic mass is 79.9. The van der Waals surface area contributed by atoms with Crippen LogP contribution in [0.5, 0.6) is 0 Å². The molecule has 0 N–H and O–H groups in total. The Hall–Kier alpha value is -1.17. The van der Waals surface area contributed by atoms with Crippen molar-refractivity contribution in [2.45, 2.75) is 17.9 Å². The number of benzene rings is 1. The van der Waals surface area contributed by atoms with E-state index in [1.807, 2.05) is 0 Å². The van der Waals surface area contributed by atoms with Gasteiger partial charge < -0.3 is 0 Å². The number of carbonyl (C=O) groups excluding carboxylic acids is 2. The van der Waals surface area contributed by atoms with Gasteiger partial charge in [-0.15, -0.1) is 0 Å². The molecule has 0 aliphatic carbocycles. The molecule has 0 fully saturated rings. The van der Waals surface area contributed by atoms with Gasteiger partial charge in [0.15, 0.2) is 12.1 Å². The maximum Gasteiger partial charge on any atom is 0.417 e. The SMILES string of the molecule is CC(Br)C(=O)c1cccc(C(F)(F)F)c1C=O. The van der Waals surface area contributed by atoms with Gasteiger partial charge in [0.25, 0.3) is 0 Å². The van der Waals surface area contributed by atoms with E-state index in [0.29, 0.717) is 0 Å². The lowest BCUT2D eigenvalue weighted by Crippen LogP contribution is -2.17. The molecule has 2 nitrogen and oxygen atoms in total. The van der Waals surface area contributed by atoms with Crippen molar-refractivity contribution in [1.82, 2.24) is 0 Å². The Morgan fingerprint density at radius 1 is 1.41 bits per heavy atom. The van der Waals surface area contributed by atoms with Gasteiger partial charge in [-0.25, -0.2) is 0 Å². The van der Waals surface area contributed by atoms with Crippen molar-refractivity contribution in [3.05, 3.63) is 34.9 Å². The molecule has 0 aromatic heterocycles. The molecule has 1 rings (SSSR count). The van der Waals surface area contributed by atoms with E-state index >= 15 is 0 Å². The van der Waals surface area contributed by atoms with E-state index in [2.05, 4.69) is 15.9 Å². The van der Waals surface area contributed by atoms with E-state index in [9.17, 15) is 22.8 Å². The van der Waals surface area contributed by atoms with Crippen LogP contribution in [-0.2, 0) is 6.18 Å². The van der Waals surface area contributed by atoms with Gasteiger partial charge in [0.2, 0.25) is 0 Å². The van der Waals surface area contributed by atoms with Crippen LogP contribution in [0, 0.1) is 0 Å². The maximum absolute atomic E-state index is 12.6. The third kappa shape index (κ3) is 2.94. The molecule has 0 bridgehead atoms. The van der Waals surface area contributed by atoms with Crippen molar-refractivity contribution in [1.29, 1.82) is 0 Å². The molecule has 92 valence electrons. The van der Waals surface area contributed by atoms with Gasteiger partial charge in [-0.3, -0.25) is 9.59 Å². The Kier molecular flexibility index (Phi) is 4.08. The van der Waals surface area contributed by atoms with E-state index in [-0.39, 0.29) is 11.8 Å². The number of hydrogen-bond acceptors (Lipinski definition) is 2. The minimum Gasteiger partial charge on any atom is -0.298 e. The molecular weight excluding hydrogens is 301 g/mol. The Balaban J connectivity index is 3.44. The molecule has 6 heteroatoms. The fourth-order valence-corrected chi connectivity index (χ4v) is 1.62. The number of alkyl halides is 4. The van der Waals surface area contributed by atoms with Crippen LogP contribution in [0.15, 0.2) is 18.2 Å². The van der Waals surface area contributed by atoms with Crippen LogP contribution < -0.4 is 0 Å². The molecule has 0 saturated carbocycles. The largest absolute Gasteiger partial charge is 0.417 e. The summed E-state index contributed by atoms with van der Waals surface area (Å²) >= 11 is 2.97. The smallest absolute Gasteiger partial charge is 0.298 e. The van der Waals surface area contributed by atoms with Crippen LogP contribution in [0.3, 0.4) is 0 Å². The van der Waals surface area contributed by atoms with Crippen LogP contribution in [0.1, 0.15) is 33.2 Å². The summed E-state index contributed by atoms with van der Waals surface area (Å²) in [6, 6.07) is 3.09. The number of aldehydes is 1. The molecule has 0 amide bonds. The Morgan fingerprint density at radius 2 is 2.00 bits per heavy atom. The molecule has 0 aliphatic heterocycles. The molecule has 0 aliphatic rings. The fourth-order valence-electron chi connectivity index (χ4n) is 1.37. The second-order valence-electron chi connectivity index (χ2n) is 3.36. The molecule has 1 aromatic carbocycles. The maximum atomic E-state index is 12.6. The van der Waals surface area contributed by atoms with Gasteiger partial charge in [0.1, 0.15) is 0 Å². The monoisotopic (exact) mass is 308 g/mol. The number of hydrogen-bond donors (Lipinski definition) is 0. The normalized spacial score (nSPS) is 13.2. The summed E-state index contributed by atoms with van der Waals surface area (Å²) in [7, 11) is 0. The van der Waals surface area contributed by atoms with Crippen LogP contribution in [0.25, 0.3) is 0 Å². The van der Waals surface area contributed by atoms with E-state index in [1.165, 1.54) is 13.0 Å². The summed E-state index contributed by atoms with van der Waals surface area (Å²) in [6.07, 6.45) is -4.59. The summed E-state index contributed by atoms with van der Waals surface area (Å²) in [5.41, 5.74) is -1.93. The molecule has 0 radical (unpaired) electrons. The van der Waals surface area contributed by atoms with Crippen molar-refractivity contribution in [3.8, 4) is 0 Å². The quantitative estimate of drug-likeness (QED) is 0.487. The molecule has 1 unspecified atom stereocenters. The highest BCUT2D eigenvalue weighted by Gasteiger charge is 2.35. The molecule has 0 spiro atoms. The highest BCUT2D eigenvalue weighted by Crippen LogP contribution is 2.33. The second-order valence-corrected chi connectivity index (χ2v) is 4.74. The van der Waals surface area contributed by atoms with Gasteiger partial charge in [0, 0.05) is 11.1 Å². The zero-order valence-electron chi connectivity index (χ0n) is 8.72. The minimum absolute atomic E-state index is 0.0609. The van der Waals surface area contributed by atoms with E-state index < -0.39 is 27.9 Å². The third-order valence-corrected chi connectivity index (χ3v) is 2.57. The van der Waals surface area contributed by atoms with Gasteiger partial charge in [-0.05, 0) is 13.0 Å².